The van der Waals surface area contributed by atoms with Gasteiger partial charge in [-0.25, -0.2) is 0 Å². The maximum Gasteiger partial charge on any atom is 0.147 e. The van der Waals surface area contributed by atoms with E-state index in [9.17, 15) is 9.59 Å². The van der Waals surface area contributed by atoms with Crippen LogP contribution in [0.1, 0.15) is 36.3 Å². The second kappa shape index (κ2) is 3.55. The molecule has 3 rings (SSSR count). The molecule has 82 valence electrons. The molecule has 1 aromatic rings. The molecule has 1 aromatic carbocycles. The number of aryl methyl sites for hydroxylation is 1. The van der Waals surface area contributed by atoms with Crippen LogP contribution in [0.2, 0.25) is 0 Å². The van der Waals surface area contributed by atoms with E-state index in [1.165, 1.54) is 11.1 Å². The summed E-state index contributed by atoms with van der Waals surface area (Å²) in [7, 11) is 0. The third kappa shape index (κ3) is 1.41. The molecule has 16 heavy (non-hydrogen) atoms. The first-order valence-electron chi connectivity index (χ1n) is 5.88. The third-order valence-corrected chi connectivity index (χ3v) is 3.85. The van der Waals surface area contributed by atoms with E-state index < -0.39 is 0 Å². The van der Waals surface area contributed by atoms with E-state index in [1.54, 1.807) is 0 Å². The Morgan fingerprint density at radius 1 is 1.12 bits per heavy atom. The minimum atomic E-state index is 0.00245. The van der Waals surface area contributed by atoms with Crippen LogP contribution in [0.5, 0.6) is 0 Å². The van der Waals surface area contributed by atoms with Gasteiger partial charge in [0.05, 0.1) is 6.42 Å². The molecule has 0 N–H and O–H groups in total. The maximum atomic E-state index is 12.0. The van der Waals surface area contributed by atoms with Crippen LogP contribution in [0.4, 0.5) is 0 Å². The fourth-order valence-corrected chi connectivity index (χ4v) is 3.15. The summed E-state index contributed by atoms with van der Waals surface area (Å²) in [6.07, 6.45) is 2.75. The molecule has 0 aromatic heterocycles. The molecule has 2 aliphatic carbocycles. The van der Waals surface area contributed by atoms with Crippen molar-refractivity contribution < 1.29 is 9.59 Å². The van der Waals surface area contributed by atoms with E-state index in [2.05, 4.69) is 12.1 Å². The van der Waals surface area contributed by atoms with Crippen LogP contribution >= 0.6 is 0 Å². The van der Waals surface area contributed by atoms with Crippen LogP contribution in [-0.4, -0.2) is 11.6 Å². The number of benzene rings is 1. The lowest BCUT2D eigenvalue weighted by Crippen LogP contribution is -2.34. The molecule has 0 radical (unpaired) electrons. The first-order chi connectivity index (χ1) is 7.75. The second-order valence-corrected chi connectivity index (χ2v) is 4.86. The van der Waals surface area contributed by atoms with Crippen LogP contribution < -0.4 is 0 Å². The van der Waals surface area contributed by atoms with Crippen LogP contribution in [0, 0.1) is 5.92 Å². The van der Waals surface area contributed by atoms with Gasteiger partial charge in [0.2, 0.25) is 0 Å². The van der Waals surface area contributed by atoms with Gasteiger partial charge in [-0.3, -0.25) is 9.59 Å². The lowest BCUT2D eigenvalue weighted by Gasteiger charge is -2.35. The topological polar surface area (TPSA) is 34.1 Å². The van der Waals surface area contributed by atoms with Crippen molar-refractivity contribution in [1.29, 1.82) is 0 Å². The monoisotopic (exact) mass is 214 g/mol. The molecular weight excluding hydrogens is 200 g/mol. The molecule has 1 saturated carbocycles. The van der Waals surface area contributed by atoms with Crippen molar-refractivity contribution in [3.05, 3.63) is 35.4 Å². The molecule has 2 heteroatoms. The lowest BCUT2D eigenvalue weighted by molar-refractivity contribution is -0.133. The van der Waals surface area contributed by atoms with E-state index in [1.807, 2.05) is 12.1 Å². The minimum absolute atomic E-state index is 0.00245. The first kappa shape index (κ1) is 9.76. The van der Waals surface area contributed by atoms with Gasteiger partial charge in [0.15, 0.2) is 0 Å². The Balaban J connectivity index is 2.05. The summed E-state index contributed by atoms with van der Waals surface area (Å²) in [6, 6.07) is 8.18. The number of rotatable bonds is 0. The predicted octanol–water partition coefficient (Wildman–Crippen LogP) is 2.26. The fraction of sp³-hybridized carbons (Fsp3) is 0.429. The van der Waals surface area contributed by atoms with E-state index in [4.69, 9.17) is 0 Å². The molecule has 2 aliphatic rings. The third-order valence-electron chi connectivity index (χ3n) is 3.85. The van der Waals surface area contributed by atoms with Crippen molar-refractivity contribution >= 4 is 11.6 Å². The Kier molecular flexibility index (Phi) is 2.16. The van der Waals surface area contributed by atoms with Crippen molar-refractivity contribution in [3.63, 3.8) is 0 Å². The molecule has 0 bridgehead atoms. The normalized spacial score (nSPS) is 28.5. The van der Waals surface area contributed by atoms with Gasteiger partial charge in [-0.15, -0.1) is 0 Å². The number of fused-ring (bicyclic) bond motifs is 3. The zero-order valence-corrected chi connectivity index (χ0v) is 9.11. The van der Waals surface area contributed by atoms with Crippen LogP contribution in [-0.2, 0) is 16.0 Å². The molecular formula is C14H14O2. The molecule has 2 atom stereocenters. The molecule has 0 spiro atoms. The number of hydrogen-bond acceptors (Lipinski definition) is 2. The number of ketones is 2. The zero-order chi connectivity index (χ0) is 11.1. The largest absolute Gasteiger partial charge is 0.299 e. The Labute approximate surface area is 94.7 Å². The van der Waals surface area contributed by atoms with Crippen molar-refractivity contribution in [2.45, 2.75) is 31.6 Å². The Morgan fingerprint density at radius 3 is 2.81 bits per heavy atom. The van der Waals surface area contributed by atoms with Crippen molar-refractivity contribution in [2.75, 3.05) is 0 Å². The van der Waals surface area contributed by atoms with Gasteiger partial charge >= 0.3 is 0 Å². The van der Waals surface area contributed by atoms with Crippen molar-refractivity contribution in [2.24, 2.45) is 5.92 Å². The summed E-state index contributed by atoms with van der Waals surface area (Å²) >= 11 is 0. The SMILES string of the molecule is O=C1CC(=O)[C@H]2c3ccccc3CC[C@@H]2C1. The van der Waals surface area contributed by atoms with Gasteiger partial charge in [-0.1, -0.05) is 24.3 Å². The van der Waals surface area contributed by atoms with Gasteiger partial charge < -0.3 is 0 Å². The van der Waals surface area contributed by atoms with Gasteiger partial charge in [0, 0.05) is 12.3 Å². The van der Waals surface area contributed by atoms with Crippen LogP contribution in [0.15, 0.2) is 24.3 Å². The highest BCUT2D eigenvalue weighted by atomic mass is 16.1. The molecule has 0 unspecified atom stereocenters. The number of carbonyl (C=O) groups is 2. The van der Waals surface area contributed by atoms with E-state index >= 15 is 0 Å². The zero-order valence-electron chi connectivity index (χ0n) is 9.11. The van der Waals surface area contributed by atoms with Crippen molar-refractivity contribution in [1.82, 2.24) is 0 Å². The van der Waals surface area contributed by atoms with E-state index in [0.29, 0.717) is 6.42 Å². The van der Waals surface area contributed by atoms with Crippen molar-refractivity contribution in [3.8, 4) is 0 Å². The van der Waals surface area contributed by atoms with Gasteiger partial charge in [0.1, 0.15) is 11.6 Å². The average molecular weight is 214 g/mol. The number of hydrogen-bond donors (Lipinski definition) is 0. The summed E-state index contributed by atoms with van der Waals surface area (Å²) < 4.78 is 0. The highest BCUT2D eigenvalue weighted by molar-refractivity contribution is 6.05. The fourth-order valence-electron chi connectivity index (χ4n) is 3.15. The minimum Gasteiger partial charge on any atom is -0.299 e. The van der Waals surface area contributed by atoms with Gasteiger partial charge in [0.25, 0.3) is 0 Å². The Hall–Kier alpha value is -1.44. The summed E-state index contributed by atoms with van der Waals surface area (Å²) in [4.78, 5) is 23.4. The number of Topliss-reactive ketones (excluding diaryl/α,β-unsaturated/α-hetero) is 2. The van der Waals surface area contributed by atoms with Gasteiger partial charge in [-0.2, -0.15) is 0 Å². The predicted molar refractivity (Wildman–Crippen MR) is 60.2 cm³/mol. The first-order valence-corrected chi connectivity index (χ1v) is 5.88. The summed E-state index contributed by atoms with van der Waals surface area (Å²) in [5.74, 6) is 0.533. The summed E-state index contributed by atoms with van der Waals surface area (Å²) in [5, 5.41) is 0. The molecule has 0 heterocycles. The molecule has 0 saturated heterocycles. The van der Waals surface area contributed by atoms with E-state index in [0.717, 1.165) is 12.8 Å². The quantitative estimate of drug-likeness (QED) is 0.621. The molecule has 2 nitrogen and oxygen atoms in total. The molecule has 0 aliphatic heterocycles. The smallest absolute Gasteiger partial charge is 0.147 e. The maximum absolute atomic E-state index is 12.0. The molecule has 0 amide bonds. The highest BCUT2D eigenvalue weighted by Gasteiger charge is 2.39. The second-order valence-electron chi connectivity index (χ2n) is 4.86. The summed E-state index contributed by atoms with van der Waals surface area (Å²) in [6.45, 7) is 0. The number of carbonyl (C=O) groups excluding carboxylic acids is 2. The van der Waals surface area contributed by atoms with Gasteiger partial charge in [-0.05, 0) is 29.9 Å². The van der Waals surface area contributed by atoms with Crippen LogP contribution in [0.3, 0.4) is 0 Å². The highest BCUT2D eigenvalue weighted by Crippen LogP contribution is 2.42. The Bertz CT molecular complexity index is 462. The van der Waals surface area contributed by atoms with E-state index in [-0.39, 0.29) is 29.8 Å². The lowest BCUT2D eigenvalue weighted by atomic mass is 9.67. The summed E-state index contributed by atoms with van der Waals surface area (Å²) in [5.41, 5.74) is 2.47. The molecule has 1 fully saturated rings. The standard InChI is InChI=1S/C14H14O2/c15-11-7-10-6-5-9-3-1-2-4-12(9)14(10)13(16)8-11/h1-4,10,14H,5-8H2/t10-,14-/m1/s1. The average Bonchev–Trinajstić information content (AvgIpc) is 2.28. The van der Waals surface area contributed by atoms with Crippen LogP contribution in [0.25, 0.3) is 0 Å². The Morgan fingerprint density at radius 2 is 1.94 bits per heavy atom.